The smallest absolute Gasteiger partial charge is 0.141 e. The predicted molar refractivity (Wildman–Crippen MR) is 89.3 cm³/mol. The molecule has 6 heteroatoms. The second-order valence-corrected chi connectivity index (χ2v) is 6.50. The van der Waals surface area contributed by atoms with Gasteiger partial charge in [0.25, 0.3) is 0 Å². The summed E-state index contributed by atoms with van der Waals surface area (Å²) in [5, 5.41) is 19.7. The Morgan fingerprint density at radius 2 is 2.26 bits per heavy atom. The monoisotopic (exact) mass is 323 g/mol. The molecule has 1 aromatic heterocycles. The number of pyridine rings is 1. The Morgan fingerprint density at radius 3 is 2.96 bits per heavy atom. The van der Waals surface area contributed by atoms with Gasteiger partial charge in [-0.1, -0.05) is 0 Å². The molecule has 2 rings (SSSR count). The molecule has 0 amide bonds. The molecule has 1 aliphatic heterocycles. The Bertz CT molecular complexity index is 510. The van der Waals surface area contributed by atoms with Crippen LogP contribution in [0.1, 0.15) is 23.2 Å². The van der Waals surface area contributed by atoms with E-state index in [2.05, 4.69) is 21.8 Å². The summed E-state index contributed by atoms with van der Waals surface area (Å²) in [6.07, 6.45) is 2.85. The van der Waals surface area contributed by atoms with Gasteiger partial charge >= 0.3 is 0 Å². The van der Waals surface area contributed by atoms with Crippen molar-refractivity contribution in [2.45, 2.75) is 26.5 Å². The molecule has 1 aromatic rings. The number of hydrogen-bond donors (Lipinski definition) is 2. The first kappa shape index (κ1) is 18.1. The van der Waals surface area contributed by atoms with Gasteiger partial charge in [0.05, 0.1) is 18.9 Å². The zero-order valence-electron chi connectivity index (χ0n) is 14.5. The number of nitrogens with zero attached hydrogens (tertiary/aromatic N) is 3. The molecule has 0 radical (unpaired) electrons. The van der Waals surface area contributed by atoms with E-state index in [4.69, 9.17) is 4.74 Å². The third-order valence-electron chi connectivity index (χ3n) is 4.58. The number of likely N-dealkylation sites (tertiary alicyclic amines) is 1. The summed E-state index contributed by atoms with van der Waals surface area (Å²) in [5.41, 5.74) is 2.10. The summed E-state index contributed by atoms with van der Waals surface area (Å²) in [5.74, 6) is 0.844. The number of methoxy groups -OCH3 is 1. The highest BCUT2D eigenvalue weighted by atomic mass is 16.5. The van der Waals surface area contributed by atoms with E-state index in [-0.39, 0.29) is 12.4 Å². The molecule has 0 aliphatic carbocycles. The minimum absolute atomic E-state index is 0.0990. The number of rotatable bonds is 8. The van der Waals surface area contributed by atoms with Crippen LogP contribution in [-0.4, -0.2) is 71.9 Å². The lowest BCUT2D eigenvalue weighted by Crippen LogP contribution is -2.29. The second-order valence-electron chi connectivity index (χ2n) is 6.50. The molecule has 23 heavy (non-hydrogen) atoms. The lowest BCUT2D eigenvalue weighted by atomic mass is 10.1. The van der Waals surface area contributed by atoms with Gasteiger partial charge in [-0.05, 0) is 32.9 Å². The molecule has 1 unspecified atom stereocenters. The van der Waals surface area contributed by atoms with Crippen molar-refractivity contribution >= 4 is 0 Å². The van der Waals surface area contributed by atoms with Crippen molar-refractivity contribution in [3.05, 3.63) is 23.0 Å². The van der Waals surface area contributed by atoms with Crippen LogP contribution in [0.4, 0.5) is 0 Å². The minimum Gasteiger partial charge on any atom is -0.506 e. The van der Waals surface area contributed by atoms with Crippen LogP contribution >= 0.6 is 0 Å². The summed E-state index contributed by atoms with van der Waals surface area (Å²) in [6, 6.07) is 0. The molecule has 1 atom stereocenters. The van der Waals surface area contributed by atoms with Gasteiger partial charge in [0, 0.05) is 50.6 Å². The number of aryl methyl sites for hydroxylation is 1. The fourth-order valence-corrected chi connectivity index (χ4v) is 3.26. The molecule has 2 heterocycles. The molecule has 2 N–H and O–H groups in total. The SMILES string of the molecule is COCCN1CCC(CN(C)Cc2c(CO)cnc(C)c2O)C1. The lowest BCUT2D eigenvalue weighted by Gasteiger charge is -2.23. The minimum atomic E-state index is -0.0990. The summed E-state index contributed by atoms with van der Waals surface area (Å²) in [4.78, 5) is 8.77. The normalized spacial score (nSPS) is 18.9. The number of aromatic nitrogens is 1. The van der Waals surface area contributed by atoms with E-state index >= 15 is 0 Å². The van der Waals surface area contributed by atoms with E-state index in [1.165, 1.54) is 6.42 Å². The van der Waals surface area contributed by atoms with Gasteiger partial charge in [0.2, 0.25) is 0 Å². The molecule has 1 aliphatic rings. The lowest BCUT2D eigenvalue weighted by molar-refractivity contribution is 0.157. The van der Waals surface area contributed by atoms with Crippen molar-refractivity contribution in [1.29, 1.82) is 0 Å². The van der Waals surface area contributed by atoms with Crippen molar-refractivity contribution in [3.63, 3.8) is 0 Å². The van der Waals surface area contributed by atoms with Crippen LogP contribution in [0.15, 0.2) is 6.20 Å². The fourth-order valence-electron chi connectivity index (χ4n) is 3.26. The molecule has 6 nitrogen and oxygen atoms in total. The maximum Gasteiger partial charge on any atom is 0.141 e. The van der Waals surface area contributed by atoms with Crippen LogP contribution < -0.4 is 0 Å². The van der Waals surface area contributed by atoms with Crippen molar-refractivity contribution in [1.82, 2.24) is 14.8 Å². The third-order valence-corrected chi connectivity index (χ3v) is 4.58. The third kappa shape index (κ3) is 4.88. The number of aliphatic hydroxyl groups is 1. The molecule has 0 aromatic carbocycles. The molecule has 0 spiro atoms. The Balaban J connectivity index is 1.91. The van der Waals surface area contributed by atoms with Gasteiger partial charge in [0.15, 0.2) is 0 Å². The molecule has 0 bridgehead atoms. The Hall–Kier alpha value is -1.21. The Morgan fingerprint density at radius 1 is 1.48 bits per heavy atom. The van der Waals surface area contributed by atoms with Crippen LogP contribution in [-0.2, 0) is 17.9 Å². The van der Waals surface area contributed by atoms with E-state index in [9.17, 15) is 10.2 Å². The first-order valence-corrected chi connectivity index (χ1v) is 8.22. The van der Waals surface area contributed by atoms with Crippen LogP contribution in [0.25, 0.3) is 0 Å². The predicted octanol–water partition coefficient (Wildman–Crippen LogP) is 0.988. The maximum absolute atomic E-state index is 10.2. The first-order chi connectivity index (χ1) is 11.0. The zero-order chi connectivity index (χ0) is 16.8. The van der Waals surface area contributed by atoms with Crippen LogP contribution in [0.2, 0.25) is 0 Å². The number of hydrogen-bond acceptors (Lipinski definition) is 6. The highest BCUT2D eigenvalue weighted by molar-refractivity contribution is 5.40. The summed E-state index contributed by atoms with van der Waals surface area (Å²) in [6.45, 7) is 7.30. The molecule has 1 saturated heterocycles. The van der Waals surface area contributed by atoms with Crippen molar-refractivity contribution in [3.8, 4) is 5.75 Å². The average Bonchev–Trinajstić information content (AvgIpc) is 2.97. The fraction of sp³-hybridized carbons (Fsp3) is 0.706. The topological polar surface area (TPSA) is 69.1 Å². The molecule has 130 valence electrons. The van der Waals surface area contributed by atoms with Crippen molar-refractivity contribution in [2.24, 2.45) is 5.92 Å². The first-order valence-electron chi connectivity index (χ1n) is 8.22. The summed E-state index contributed by atoms with van der Waals surface area (Å²) < 4.78 is 5.14. The molecular formula is C17H29N3O3. The highest BCUT2D eigenvalue weighted by Crippen LogP contribution is 2.26. The molecular weight excluding hydrogens is 294 g/mol. The van der Waals surface area contributed by atoms with Gasteiger partial charge in [-0.25, -0.2) is 0 Å². The largest absolute Gasteiger partial charge is 0.506 e. The molecule has 1 fully saturated rings. The Kier molecular flexibility index (Phi) is 6.77. The average molecular weight is 323 g/mol. The summed E-state index contributed by atoms with van der Waals surface area (Å²) >= 11 is 0. The Labute approximate surface area is 138 Å². The number of aromatic hydroxyl groups is 1. The summed E-state index contributed by atoms with van der Waals surface area (Å²) in [7, 11) is 3.80. The van der Waals surface area contributed by atoms with E-state index in [1.807, 2.05) is 0 Å². The van der Waals surface area contributed by atoms with E-state index < -0.39 is 0 Å². The second kappa shape index (κ2) is 8.59. The van der Waals surface area contributed by atoms with Gasteiger partial charge in [0.1, 0.15) is 5.75 Å². The van der Waals surface area contributed by atoms with Gasteiger partial charge in [-0.15, -0.1) is 0 Å². The van der Waals surface area contributed by atoms with Crippen molar-refractivity contribution < 1.29 is 14.9 Å². The van der Waals surface area contributed by atoms with Gasteiger partial charge in [-0.3, -0.25) is 4.98 Å². The van der Waals surface area contributed by atoms with E-state index in [0.717, 1.165) is 38.3 Å². The zero-order valence-corrected chi connectivity index (χ0v) is 14.5. The molecule has 0 saturated carbocycles. The van der Waals surface area contributed by atoms with Crippen LogP contribution in [0.5, 0.6) is 5.75 Å². The van der Waals surface area contributed by atoms with Crippen molar-refractivity contribution in [2.75, 3.05) is 46.9 Å². The maximum atomic E-state index is 10.2. The van der Waals surface area contributed by atoms with Gasteiger partial charge < -0.3 is 24.7 Å². The number of aliphatic hydroxyl groups excluding tert-OH is 1. The van der Waals surface area contributed by atoms with Gasteiger partial charge in [-0.2, -0.15) is 0 Å². The number of ether oxygens (including phenoxy) is 1. The van der Waals surface area contributed by atoms with E-state index in [0.29, 0.717) is 23.7 Å². The van der Waals surface area contributed by atoms with Crippen LogP contribution in [0, 0.1) is 12.8 Å². The van der Waals surface area contributed by atoms with Crippen LogP contribution in [0.3, 0.4) is 0 Å². The van der Waals surface area contributed by atoms with E-state index in [1.54, 1.807) is 20.2 Å². The quantitative estimate of drug-likeness (QED) is 0.743. The highest BCUT2D eigenvalue weighted by Gasteiger charge is 2.24. The standard InChI is InChI=1S/C17H29N3O3/c1-13-17(22)16(15(12-21)8-18-13)11-19(2)9-14-4-5-20(10-14)6-7-23-3/h8,14,21-22H,4-7,9-12H2,1-3H3.